The third-order valence-corrected chi connectivity index (χ3v) is 5.03. The van der Waals surface area contributed by atoms with Gasteiger partial charge in [-0.1, -0.05) is 30.1 Å². The first-order chi connectivity index (χ1) is 12.1. The number of fused-ring (bicyclic) bond motifs is 1. The van der Waals surface area contributed by atoms with E-state index < -0.39 is 5.54 Å². The molecular formula is C18H22ClN5O2. The highest BCUT2D eigenvalue weighted by Crippen LogP contribution is 2.34. The third kappa shape index (κ3) is 3.24. The zero-order valence-electron chi connectivity index (χ0n) is 14.6. The maximum absolute atomic E-state index is 12.6. The summed E-state index contributed by atoms with van der Waals surface area (Å²) in [6.07, 6.45) is 6.02. The molecule has 0 atom stereocenters. The number of rotatable bonds is 4. The highest BCUT2D eigenvalue weighted by Gasteiger charge is 2.35. The van der Waals surface area contributed by atoms with Gasteiger partial charge in [0.05, 0.1) is 22.8 Å². The van der Waals surface area contributed by atoms with Crippen LogP contribution in [0.5, 0.6) is 0 Å². The highest BCUT2D eigenvalue weighted by molar-refractivity contribution is 5.85. The molecule has 138 valence electrons. The van der Waals surface area contributed by atoms with Gasteiger partial charge in [0, 0.05) is 13.0 Å². The standard InChI is InChI=1S/C18H21N5O2.ClH/c1-12-5-4-6-13-15(12)20-11-23(16(13)24)10-7-14-21-17(22-25-14)18(19)8-2-3-9-18;/h4-6,11H,2-3,7-10,19H2,1H3;1H. The molecule has 0 unspecified atom stereocenters. The fraction of sp³-hybridized carbons (Fsp3) is 0.444. The monoisotopic (exact) mass is 375 g/mol. The average molecular weight is 376 g/mol. The normalized spacial score (nSPS) is 15.9. The molecule has 1 fully saturated rings. The molecule has 2 aromatic heterocycles. The first-order valence-corrected chi connectivity index (χ1v) is 8.63. The van der Waals surface area contributed by atoms with Crippen LogP contribution in [0.4, 0.5) is 0 Å². The van der Waals surface area contributed by atoms with E-state index in [-0.39, 0.29) is 18.0 Å². The Bertz CT molecular complexity index is 975. The van der Waals surface area contributed by atoms with Crippen LogP contribution in [-0.2, 0) is 18.5 Å². The predicted octanol–water partition coefficient (Wildman–Crippen LogP) is 2.48. The van der Waals surface area contributed by atoms with Crippen LogP contribution < -0.4 is 11.3 Å². The van der Waals surface area contributed by atoms with Crippen molar-refractivity contribution in [2.45, 2.75) is 51.1 Å². The number of benzene rings is 1. The quantitative estimate of drug-likeness (QED) is 0.751. The summed E-state index contributed by atoms with van der Waals surface area (Å²) in [5, 5.41) is 4.68. The number of nitrogens with zero attached hydrogens (tertiary/aromatic N) is 4. The molecule has 0 aliphatic heterocycles. The van der Waals surface area contributed by atoms with Crippen molar-refractivity contribution in [1.29, 1.82) is 0 Å². The number of hydrogen-bond acceptors (Lipinski definition) is 6. The highest BCUT2D eigenvalue weighted by atomic mass is 35.5. The van der Waals surface area contributed by atoms with Gasteiger partial charge in [0.2, 0.25) is 5.89 Å². The first kappa shape index (κ1) is 18.5. The van der Waals surface area contributed by atoms with E-state index in [0.29, 0.717) is 30.1 Å². The minimum absolute atomic E-state index is 0. The summed E-state index contributed by atoms with van der Waals surface area (Å²) < 4.78 is 6.92. The lowest BCUT2D eigenvalue weighted by Gasteiger charge is -2.17. The fourth-order valence-electron chi connectivity index (χ4n) is 3.50. The molecule has 8 heteroatoms. The van der Waals surface area contributed by atoms with Gasteiger partial charge in [0.15, 0.2) is 5.82 Å². The van der Waals surface area contributed by atoms with E-state index in [1.807, 2.05) is 19.1 Å². The van der Waals surface area contributed by atoms with Crippen LogP contribution in [0.3, 0.4) is 0 Å². The van der Waals surface area contributed by atoms with Crippen molar-refractivity contribution in [2.24, 2.45) is 5.73 Å². The number of nitrogens with two attached hydrogens (primary N) is 1. The van der Waals surface area contributed by atoms with Crippen LogP contribution in [0.2, 0.25) is 0 Å². The molecular weight excluding hydrogens is 354 g/mol. The van der Waals surface area contributed by atoms with E-state index in [0.717, 1.165) is 36.8 Å². The van der Waals surface area contributed by atoms with E-state index in [4.69, 9.17) is 10.3 Å². The maximum Gasteiger partial charge on any atom is 0.261 e. The molecule has 1 aliphatic carbocycles. The van der Waals surface area contributed by atoms with Crippen molar-refractivity contribution in [1.82, 2.24) is 19.7 Å². The molecule has 2 N–H and O–H groups in total. The summed E-state index contributed by atoms with van der Waals surface area (Å²) in [4.78, 5) is 21.5. The second kappa shape index (κ2) is 7.17. The lowest BCUT2D eigenvalue weighted by molar-refractivity contribution is 0.344. The summed E-state index contributed by atoms with van der Waals surface area (Å²) in [6.45, 7) is 2.39. The molecule has 4 rings (SSSR count). The predicted molar refractivity (Wildman–Crippen MR) is 100 cm³/mol. The molecule has 1 aromatic carbocycles. The number of para-hydroxylation sites is 1. The maximum atomic E-state index is 12.6. The minimum Gasteiger partial charge on any atom is -0.339 e. The molecule has 2 heterocycles. The van der Waals surface area contributed by atoms with E-state index in [1.54, 1.807) is 17.0 Å². The minimum atomic E-state index is -0.458. The second-order valence-electron chi connectivity index (χ2n) is 6.84. The Morgan fingerprint density at radius 3 is 2.85 bits per heavy atom. The molecule has 1 saturated carbocycles. The summed E-state index contributed by atoms with van der Waals surface area (Å²) in [5.74, 6) is 1.09. The zero-order chi connectivity index (χ0) is 17.4. The number of aromatic nitrogens is 4. The Kier molecular flexibility index (Phi) is 5.11. The summed E-state index contributed by atoms with van der Waals surface area (Å²) >= 11 is 0. The molecule has 0 spiro atoms. The SMILES string of the molecule is Cc1cccc2c(=O)n(CCc3nc(C4(N)CCCC4)no3)cnc12.Cl. The largest absolute Gasteiger partial charge is 0.339 e. The fourth-order valence-corrected chi connectivity index (χ4v) is 3.50. The Morgan fingerprint density at radius 1 is 1.31 bits per heavy atom. The van der Waals surface area contributed by atoms with Crippen molar-refractivity contribution < 1.29 is 4.52 Å². The zero-order valence-corrected chi connectivity index (χ0v) is 15.5. The van der Waals surface area contributed by atoms with Crippen LogP contribution in [0.15, 0.2) is 33.8 Å². The van der Waals surface area contributed by atoms with Gasteiger partial charge in [-0.2, -0.15) is 4.98 Å². The molecule has 7 nitrogen and oxygen atoms in total. The lowest BCUT2D eigenvalue weighted by atomic mass is 9.99. The molecule has 0 bridgehead atoms. The third-order valence-electron chi connectivity index (χ3n) is 5.03. The second-order valence-corrected chi connectivity index (χ2v) is 6.84. The summed E-state index contributed by atoms with van der Waals surface area (Å²) in [5.41, 5.74) is 7.58. The lowest BCUT2D eigenvalue weighted by Crippen LogP contribution is -2.34. The van der Waals surface area contributed by atoms with E-state index in [9.17, 15) is 4.79 Å². The topological polar surface area (TPSA) is 99.8 Å². The van der Waals surface area contributed by atoms with Gasteiger partial charge < -0.3 is 10.3 Å². The Morgan fingerprint density at radius 2 is 2.08 bits per heavy atom. The Labute approximate surface area is 157 Å². The smallest absolute Gasteiger partial charge is 0.261 e. The van der Waals surface area contributed by atoms with Crippen molar-refractivity contribution >= 4 is 23.3 Å². The van der Waals surface area contributed by atoms with Gasteiger partial charge in [0.1, 0.15) is 0 Å². The van der Waals surface area contributed by atoms with E-state index >= 15 is 0 Å². The molecule has 26 heavy (non-hydrogen) atoms. The Hall–Kier alpha value is -2.25. The molecule has 0 radical (unpaired) electrons. The molecule has 0 saturated heterocycles. The van der Waals surface area contributed by atoms with Crippen LogP contribution in [0.1, 0.15) is 43.0 Å². The molecule has 3 aromatic rings. The van der Waals surface area contributed by atoms with E-state index in [2.05, 4.69) is 15.1 Å². The summed E-state index contributed by atoms with van der Waals surface area (Å²) in [6, 6.07) is 5.62. The van der Waals surface area contributed by atoms with Crippen LogP contribution >= 0.6 is 12.4 Å². The van der Waals surface area contributed by atoms with Gasteiger partial charge in [-0.05, 0) is 31.4 Å². The molecule has 0 amide bonds. The number of aryl methyl sites for hydroxylation is 3. The van der Waals surface area contributed by atoms with Crippen molar-refractivity contribution in [2.75, 3.05) is 0 Å². The van der Waals surface area contributed by atoms with E-state index in [1.165, 1.54) is 0 Å². The van der Waals surface area contributed by atoms with Gasteiger partial charge in [-0.15, -0.1) is 12.4 Å². The van der Waals surface area contributed by atoms with Gasteiger partial charge in [-0.3, -0.25) is 9.36 Å². The van der Waals surface area contributed by atoms with Crippen molar-refractivity contribution in [3.8, 4) is 0 Å². The van der Waals surface area contributed by atoms with Crippen molar-refractivity contribution in [3.05, 3.63) is 52.2 Å². The Balaban J connectivity index is 0.00000196. The van der Waals surface area contributed by atoms with Gasteiger partial charge >= 0.3 is 0 Å². The van der Waals surface area contributed by atoms with Gasteiger partial charge in [-0.25, -0.2) is 4.98 Å². The molecule has 1 aliphatic rings. The van der Waals surface area contributed by atoms with Crippen LogP contribution in [-0.4, -0.2) is 19.7 Å². The van der Waals surface area contributed by atoms with Crippen molar-refractivity contribution in [3.63, 3.8) is 0 Å². The van der Waals surface area contributed by atoms with Crippen LogP contribution in [0, 0.1) is 6.92 Å². The van der Waals surface area contributed by atoms with Gasteiger partial charge in [0.25, 0.3) is 5.56 Å². The van der Waals surface area contributed by atoms with Crippen LogP contribution in [0.25, 0.3) is 10.9 Å². The number of hydrogen-bond donors (Lipinski definition) is 1. The summed E-state index contributed by atoms with van der Waals surface area (Å²) in [7, 11) is 0. The number of halogens is 1. The first-order valence-electron chi connectivity index (χ1n) is 8.63. The average Bonchev–Trinajstić information content (AvgIpc) is 3.25.